The molecule has 0 radical (unpaired) electrons. The molecule has 5 nitrogen and oxygen atoms in total. The van der Waals surface area contributed by atoms with Gasteiger partial charge in [0.15, 0.2) is 0 Å². The van der Waals surface area contributed by atoms with Gasteiger partial charge >= 0.3 is 5.97 Å². The van der Waals surface area contributed by atoms with Gasteiger partial charge in [0.05, 0.1) is 6.42 Å². The van der Waals surface area contributed by atoms with E-state index in [1.165, 1.54) is 0 Å². The number of carbonyl (C=O) groups is 1. The van der Waals surface area contributed by atoms with Gasteiger partial charge in [0.25, 0.3) is 0 Å². The molecule has 0 spiro atoms. The summed E-state index contributed by atoms with van der Waals surface area (Å²) in [6.45, 7) is 4.26. The van der Waals surface area contributed by atoms with Crippen molar-refractivity contribution in [2.75, 3.05) is 39.8 Å². The molecular weight excluding hydrogens is 182 g/mol. The van der Waals surface area contributed by atoms with Crippen molar-refractivity contribution in [1.82, 2.24) is 9.80 Å². The van der Waals surface area contributed by atoms with Gasteiger partial charge in [0.2, 0.25) is 0 Å². The Labute approximate surface area is 84.5 Å². The van der Waals surface area contributed by atoms with Gasteiger partial charge in [-0.3, -0.25) is 9.69 Å². The van der Waals surface area contributed by atoms with Gasteiger partial charge in [-0.15, -0.1) is 0 Å². The third-order valence-corrected chi connectivity index (χ3v) is 2.74. The van der Waals surface area contributed by atoms with Crippen LogP contribution < -0.4 is 5.73 Å². The fourth-order valence-corrected chi connectivity index (χ4v) is 1.75. The summed E-state index contributed by atoms with van der Waals surface area (Å²) in [4.78, 5) is 15.0. The van der Waals surface area contributed by atoms with Crippen LogP contribution in [0.5, 0.6) is 0 Å². The zero-order valence-corrected chi connectivity index (χ0v) is 8.65. The second kappa shape index (κ2) is 5.29. The second-order valence-corrected chi connectivity index (χ2v) is 3.83. The highest BCUT2D eigenvalue weighted by Crippen LogP contribution is 2.07. The van der Waals surface area contributed by atoms with Crippen molar-refractivity contribution in [3.8, 4) is 0 Å². The van der Waals surface area contributed by atoms with Crippen LogP contribution in [0.3, 0.4) is 0 Å². The Morgan fingerprint density at radius 2 is 2.00 bits per heavy atom. The molecule has 1 aliphatic rings. The Morgan fingerprint density at radius 1 is 1.43 bits per heavy atom. The van der Waals surface area contributed by atoms with E-state index in [4.69, 9.17) is 10.8 Å². The summed E-state index contributed by atoms with van der Waals surface area (Å²) in [6.07, 6.45) is 0.153. The van der Waals surface area contributed by atoms with E-state index >= 15 is 0 Å². The minimum absolute atomic E-state index is 0.00111. The molecule has 1 heterocycles. The highest BCUT2D eigenvalue weighted by atomic mass is 16.4. The number of nitrogens with two attached hydrogens (primary N) is 1. The minimum Gasteiger partial charge on any atom is -0.481 e. The van der Waals surface area contributed by atoms with Crippen molar-refractivity contribution in [2.24, 2.45) is 5.73 Å². The van der Waals surface area contributed by atoms with Gasteiger partial charge in [-0.1, -0.05) is 0 Å². The van der Waals surface area contributed by atoms with E-state index in [1.54, 1.807) is 0 Å². The summed E-state index contributed by atoms with van der Waals surface area (Å²) < 4.78 is 0. The van der Waals surface area contributed by atoms with Gasteiger partial charge in [-0.2, -0.15) is 0 Å². The number of piperazine rings is 1. The maximum absolute atomic E-state index is 10.6. The smallest absolute Gasteiger partial charge is 0.304 e. The van der Waals surface area contributed by atoms with Gasteiger partial charge in [0.1, 0.15) is 0 Å². The molecule has 1 aliphatic heterocycles. The average molecular weight is 201 g/mol. The molecule has 1 unspecified atom stereocenters. The molecule has 1 atom stereocenters. The second-order valence-electron chi connectivity index (χ2n) is 3.83. The molecule has 0 aliphatic carbocycles. The summed E-state index contributed by atoms with van der Waals surface area (Å²) >= 11 is 0. The Balaban J connectivity index is 2.40. The Kier molecular flexibility index (Phi) is 4.31. The van der Waals surface area contributed by atoms with E-state index in [2.05, 4.69) is 16.8 Å². The zero-order valence-electron chi connectivity index (χ0n) is 8.65. The standard InChI is InChI=1S/C9H19N3O2/c1-11-2-4-12(5-3-11)8(7-10)6-9(13)14/h8H,2-7,10H2,1H3,(H,13,14). The molecule has 0 aromatic heterocycles. The topological polar surface area (TPSA) is 69.8 Å². The Morgan fingerprint density at radius 3 is 2.43 bits per heavy atom. The van der Waals surface area contributed by atoms with Crippen LogP contribution >= 0.6 is 0 Å². The van der Waals surface area contributed by atoms with Crippen molar-refractivity contribution in [2.45, 2.75) is 12.5 Å². The van der Waals surface area contributed by atoms with Crippen molar-refractivity contribution in [1.29, 1.82) is 0 Å². The maximum Gasteiger partial charge on any atom is 0.304 e. The van der Waals surface area contributed by atoms with E-state index in [9.17, 15) is 4.79 Å². The van der Waals surface area contributed by atoms with Crippen LogP contribution in [0.2, 0.25) is 0 Å². The molecule has 0 aromatic carbocycles. The predicted octanol–water partition coefficient (Wildman–Crippen LogP) is -0.964. The molecule has 1 rings (SSSR count). The Hall–Kier alpha value is -0.650. The lowest BCUT2D eigenvalue weighted by atomic mass is 10.1. The number of hydrogen-bond acceptors (Lipinski definition) is 4. The van der Waals surface area contributed by atoms with Gasteiger partial charge in [0, 0.05) is 38.8 Å². The SMILES string of the molecule is CN1CCN(C(CN)CC(=O)O)CC1. The first-order valence-corrected chi connectivity index (χ1v) is 4.98. The molecule has 5 heteroatoms. The Bertz CT molecular complexity index is 190. The molecule has 0 bridgehead atoms. The fourth-order valence-electron chi connectivity index (χ4n) is 1.75. The van der Waals surface area contributed by atoms with Crippen LogP contribution in [0.25, 0.3) is 0 Å². The number of rotatable bonds is 4. The molecule has 1 saturated heterocycles. The molecule has 3 N–H and O–H groups in total. The molecule has 0 amide bonds. The minimum atomic E-state index is -0.764. The van der Waals surface area contributed by atoms with Crippen LogP contribution in [0.4, 0.5) is 0 Å². The van der Waals surface area contributed by atoms with E-state index in [0.29, 0.717) is 6.54 Å². The van der Waals surface area contributed by atoms with Gasteiger partial charge in [-0.25, -0.2) is 0 Å². The van der Waals surface area contributed by atoms with Crippen LogP contribution in [0.15, 0.2) is 0 Å². The van der Waals surface area contributed by atoms with Crippen molar-refractivity contribution < 1.29 is 9.90 Å². The molecule has 0 saturated carbocycles. The monoisotopic (exact) mass is 201 g/mol. The van der Waals surface area contributed by atoms with Crippen molar-refractivity contribution in [3.63, 3.8) is 0 Å². The highest BCUT2D eigenvalue weighted by molar-refractivity contribution is 5.67. The van der Waals surface area contributed by atoms with Crippen LogP contribution in [0, 0.1) is 0 Å². The highest BCUT2D eigenvalue weighted by Gasteiger charge is 2.22. The van der Waals surface area contributed by atoms with Crippen LogP contribution in [-0.4, -0.2) is 66.7 Å². The number of aliphatic carboxylic acids is 1. The summed E-state index contributed by atoms with van der Waals surface area (Å²) in [7, 11) is 2.08. The molecule has 14 heavy (non-hydrogen) atoms. The molecule has 0 aromatic rings. The quantitative estimate of drug-likeness (QED) is 0.613. The number of carboxylic acid groups (broad SMARTS) is 1. The first-order chi connectivity index (χ1) is 6.63. The van der Waals surface area contributed by atoms with E-state index < -0.39 is 5.97 Å². The van der Waals surface area contributed by atoms with Crippen LogP contribution in [0.1, 0.15) is 6.42 Å². The number of carboxylic acids is 1. The number of likely N-dealkylation sites (N-methyl/N-ethyl adjacent to an activating group) is 1. The zero-order chi connectivity index (χ0) is 10.6. The average Bonchev–Trinajstić information content (AvgIpc) is 2.15. The summed E-state index contributed by atoms with van der Waals surface area (Å²) in [5.74, 6) is -0.764. The van der Waals surface area contributed by atoms with Crippen LogP contribution in [-0.2, 0) is 4.79 Å². The lowest BCUT2D eigenvalue weighted by Crippen LogP contribution is -2.51. The van der Waals surface area contributed by atoms with E-state index in [0.717, 1.165) is 26.2 Å². The summed E-state index contributed by atoms with van der Waals surface area (Å²) in [5.41, 5.74) is 5.57. The maximum atomic E-state index is 10.6. The van der Waals surface area contributed by atoms with Crippen molar-refractivity contribution >= 4 is 5.97 Å². The molecular formula is C9H19N3O2. The summed E-state index contributed by atoms with van der Waals surface area (Å²) in [5, 5.41) is 8.71. The molecule has 82 valence electrons. The van der Waals surface area contributed by atoms with Crippen molar-refractivity contribution in [3.05, 3.63) is 0 Å². The van der Waals surface area contributed by atoms with E-state index in [-0.39, 0.29) is 12.5 Å². The normalized spacial score (nSPS) is 22.1. The predicted molar refractivity (Wildman–Crippen MR) is 54.2 cm³/mol. The van der Waals surface area contributed by atoms with Gasteiger partial charge in [-0.05, 0) is 7.05 Å². The number of nitrogens with zero attached hydrogens (tertiary/aromatic N) is 2. The fraction of sp³-hybridized carbons (Fsp3) is 0.889. The number of hydrogen-bond donors (Lipinski definition) is 2. The first-order valence-electron chi connectivity index (χ1n) is 4.98. The lowest BCUT2D eigenvalue weighted by Gasteiger charge is -2.36. The summed E-state index contributed by atoms with van der Waals surface area (Å²) in [6, 6.07) is 0.00111. The van der Waals surface area contributed by atoms with Gasteiger partial charge < -0.3 is 15.7 Å². The third-order valence-electron chi connectivity index (χ3n) is 2.74. The first kappa shape index (κ1) is 11.4. The molecule has 1 fully saturated rings. The van der Waals surface area contributed by atoms with E-state index in [1.807, 2.05) is 0 Å². The third kappa shape index (κ3) is 3.25. The lowest BCUT2D eigenvalue weighted by molar-refractivity contribution is -0.138. The largest absolute Gasteiger partial charge is 0.481 e.